The van der Waals surface area contributed by atoms with Crippen LogP contribution in [-0.2, 0) is 23.3 Å². The Morgan fingerprint density at radius 1 is 1.11 bits per heavy atom. The summed E-state index contributed by atoms with van der Waals surface area (Å²) in [6.07, 6.45) is 1.38. The highest BCUT2D eigenvalue weighted by atomic mass is 16.5. The first-order valence-corrected chi connectivity index (χ1v) is 8.94. The fourth-order valence-corrected chi connectivity index (χ4v) is 4.10. The molecule has 1 heterocycles. The number of ether oxygens (including phenoxy) is 2. The van der Waals surface area contributed by atoms with Crippen molar-refractivity contribution in [1.82, 2.24) is 10.2 Å². The lowest BCUT2D eigenvalue weighted by Crippen LogP contribution is -2.41. The second-order valence-corrected chi connectivity index (χ2v) is 7.02. The lowest BCUT2D eigenvalue weighted by Gasteiger charge is -2.22. The van der Waals surface area contributed by atoms with Gasteiger partial charge in [-0.25, -0.2) is 4.79 Å². The minimum Gasteiger partial charge on any atom is -0.493 e. The number of amides is 3. The Kier molecular flexibility index (Phi) is 4.06. The van der Waals surface area contributed by atoms with Gasteiger partial charge in [0.1, 0.15) is 5.54 Å². The second kappa shape index (κ2) is 6.30. The van der Waals surface area contributed by atoms with Crippen molar-refractivity contribution in [2.45, 2.75) is 31.8 Å². The third-order valence-electron chi connectivity index (χ3n) is 5.59. The molecule has 4 rings (SSSR count). The number of fused-ring (bicyclic) bond motifs is 2. The van der Waals surface area contributed by atoms with Gasteiger partial charge in [-0.3, -0.25) is 9.69 Å². The molecule has 140 valence electrons. The second-order valence-electron chi connectivity index (χ2n) is 7.02. The Balaban J connectivity index is 1.67. The minimum absolute atomic E-state index is 0.188. The molecule has 0 unspecified atom stereocenters. The number of carbonyl (C=O) groups is 2. The molecule has 1 aliphatic heterocycles. The zero-order valence-corrected chi connectivity index (χ0v) is 15.7. The maximum Gasteiger partial charge on any atom is 0.325 e. The fourth-order valence-electron chi connectivity index (χ4n) is 4.10. The first kappa shape index (κ1) is 17.4. The van der Waals surface area contributed by atoms with E-state index in [4.69, 9.17) is 9.47 Å². The van der Waals surface area contributed by atoms with Crippen LogP contribution in [0.15, 0.2) is 36.4 Å². The number of aryl methyl sites for hydroxylation is 2. The number of urea groups is 1. The molecule has 2 aromatic carbocycles. The lowest BCUT2D eigenvalue weighted by atomic mass is 9.91. The summed E-state index contributed by atoms with van der Waals surface area (Å²) in [6, 6.07) is 11.1. The van der Waals surface area contributed by atoms with Gasteiger partial charge in [-0.1, -0.05) is 24.3 Å². The number of carbonyl (C=O) groups excluding carboxylic acids is 2. The first-order valence-electron chi connectivity index (χ1n) is 8.94. The zero-order chi connectivity index (χ0) is 19.2. The zero-order valence-electron chi connectivity index (χ0n) is 15.7. The quantitative estimate of drug-likeness (QED) is 0.845. The van der Waals surface area contributed by atoms with Gasteiger partial charge >= 0.3 is 6.03 Å². The Morgan fingerprint density at radius 2 is 1.81 bits per heavy atom. The number of methoxy groups -OCH3 is 2. The predicted molar refractivity (Wildman–Crippen MR) is 99.8 cm³/mol. The summed E-state index contributed by atoms with van der Waals surface area (Å²) >= 11 is 0. The van der Waals surface area contributed by atoms with Crippen LogP contribution in [0.1, 0.15) is 28.7 Å². The van der Waals surface area contributed by atoms with Crippen LogP contribution in [0, 0.1) is 6.92 Å². The van der Waals surface area contributed by atoms with E-state index in [2.05, 4.69) is 5.32 Å². The van der Waals surface area contributed by atoms with E-state index in [9.17, 15) is 9.59 Å². The number of benzene rings is 2. The van der Waals surface area contributed by atoms with Crippen LogP contribution in [0.3, 0.4) is 0 Å². The van der Waals surface area contributed by atoms with E-state index in [-0.39, 0.29) is 18.5 Å². The summed E-state index contributed by atoms with van der Waals surface area (Å²) in [7, 11) is 3.14. The molecule has 1 fully saturated rings. The molecule has 1 aliphatic carbocycles. The number of rotatable bonds is 4. The van der Waals surface area contributed by atoms with Crippen molar-refractivity contribution >= 4 is 11.9 Å². The Labute approximate surface area is 158 Å². The normalized spacial score (nSPS) is 20.8. The molecule has 0 bridgehead atoms. The van der Waals surface area contributed by atoms with E-state index in [1.54, 1.807) is 14.2 Å². The summed E-state index contributed by atoms with van der Waals surface area (Å²) in [5.74, 6) is 1.01. The molecule has 2 aliphatic rings. The molecule has 6 nitrogen and oxygen atoms in total. The molecule has 1 N–H and O–H groups in total. The van der Waals surface area contributed by atoms with Crippen LogP contribution in [0.4, 0.5) is 4.79 Å². The molecule has 0 aromatic heterocycles. The van der Waals surface area contributed by atoms with E-state index >= 15 is 0 Å². The van der Waals surface area contributed by atoms with Gasteiger partial charge in [0.25, 0.3) is 5.91 Å². The Bertz CT molecular complexity index is 940. The van der Waals surface area contributed by atoms with Crippen molar-refractivity contribution in [1.29, 1.82) is 0 Å². The lowest BCUT2D eigenvalue weighted by molar-refractivity contribution is -0.132. The van der Waals surface area contributed by atoms with Crippen molar-refractivity contribution in [2.75, 3.05) is 14.2 Å². The van der Waals surface area contributed by atoms with Gasteiger partial charge < -0.3 is 14.8 Å². The maximum atomic E-state index is 13.3. The SMILES string of the molecule is COc1cc(C)c(CN2C(=O)N[C@]3(CCc4ccccc43)C2=O)cc1OC. The van der Waals surface area contributed by atoms with Gasteiger partial charge in [0.2, 0.25) is 0 Å². The maximum absolute atomic E-state index is 13.3. The Hall–Kier alpha value is -3.02. The summed E-state index contributed by atoms with van der Waals surface area (Å²) < 4.78 is 10.7. The molecule has 1 atom stereocenters. The largest absolute Gasteiger partial charge is 0.493 e. The molecule has 1 saturated heterocycles. The highest BCUT2D eigenvalue weighted by molar-refractivity contribution is 6.08. The topological polar surface area (TPSA) is 67.9 Å². The number of hydrogen-bond acceptors (Lipinski definition) is 4. The number of nitrogens with zero attached hydrogens (tertiary/aromatic N) is 1. The van der Waals surface area contributed by atoms with E-state index in [0.29, 0.717) is 17.9 Å². The highest BCUT2D eigenvalue weighted by Crippen LogP contribution is 2.42. The average Bonchev–Trinajstić information content (AvgIpc) is 3.16. The monoisotopic (exact) mass is 366 g/mol. The van der Waals surface area contributed by atoms with Crippen molar-refractivity contribution in [3.05, 3.63) is 58.7 Å². The van der Waals surface area contributed by atoms with Gasteiger partial charge in [0.15, 0.2) is 11.5 Å². The van der Waals surface area contributed by atoms with Crippen LogP contribution < -0.4 is 14.8 Å². The number of imide groups is 1. The summed E-state index contributed by atoms with van der Waals surface area (Å²) in [6.45, 7) is 2.12. The van der Waals surface area contributed by atoms with E-state index in [1.807, 2.05) is 43.3 Å². The van der Waals surface area contributed by atoms with Crippen LogP contribution in [0.5, 0.6) is 11.5 Å². The van der Waals surface area contributed by atoms with Gasteiger partial charge in [-0.15, -0.1) is 0 Å². The van der Waals surface area contributed by atoms with Crippen LogP contribution in [-0.4, -0.2) is 31.1 Å². The average molecular weight is 366 g/mol. The summed E-state index contributed by atoms with van der Waals surface area (Å²) in [5.41, 5.74) is 2.88. The summed E-state index contributed by atoms with van der Waals surface area (Å²) in [5, 5.41) is 2.96. The van der Waals surface area contributed by atoms with Crippen molar-refractivity contribution in [3.8, 4) is 11.5 Å². The minimum atomic E-state index is -0.932. The predicted octanol–water partition coefficient (Wildman–Crippen LogP) is 2.91. The van der Waals surface area contributed by atoms with Gasteiger partial charge in [0.05, 0.1) is 20.8 Å². The molecule has 0 radical (unpaired) electrons. The summed E-state index contributed by atoms with van der Waals surface area (Å²) in [4.78, 5) is 27.3. The highest BCUT2D eigenvalue weighted by Gasteiger charge is 2.55. The van der Waals surface area contributed by atoms with Crippen molar-refractivity contribution in [2.24, 2.45) is 0 Å². The standard InChI is InChI=1S/C21H22N2O4/c1-13-10-17(26-2)18(27-3)11-15(13)12-23-19(24)21(22-20(23)25)9-8-14-6-4-5-7-16(14)21/h4-7,10-11H,8-9,12H2,1-3H3,(H,22,25)/t21-/m0/s1. The molecular weight excluding hydrogens is 344 g/mol. The number of hydrogen-bond donors (Lipinski definition) is 1. The van der Waals surface area contributed by atoms with Gasteiger partial charge in [-0.05, 0) is 54.2 Å². The van der Waals surface area contributed by atoms with E-state index in [1.165, 1.54) is 4.90 Å². The molecular formula is C21H22N2O4. The molecule has 2 aromatic rings. The third-order valence-corrected chi connectivity index (χ3v) is 5.59. The first-order chi connectivity index (χ1) is 13.0. The smallest absolute Gasteiger partial charge is 0.325 e. The van der Waals surface area contributed by atoms with E-state index < -0.39 is 5.54 Å². The molecule has 27 heavy (non-hydrogen) atoms. The van der Waals surface area contributed by atoms with Crippen LogP contribution >= 0.6 is 0 Å². The molecule has 6 heteroatoms. The molecule has 0 saturated carbocycles. The van der Waals surface area contributed by atoms with Crippen LogP contribution in [0.2, 0.25) is 0 Å². The molecule has 1 spiro atoms. The van der Waals surface area contributed by atoms with Gasteiger partial charge in [0, 0.05) is 0 Å². The van der Waals surface area contributed by atoms with Crippen molar-refractivity contribution < 1.29 is 19.1 Å². The van der Waals surface area contributed by atoms with Crippen molar-refractivity contribution in [3.63, 3.8) is 0 Å². The van der Waals surface area contributed by atoms with Gasteiger partial charge in [-0.2, -0.15) is 0 Å². The molecule has 3 amide bonds. The Morgan fingerprint density at radius 3 is 2.56 bits per heavy atom. The van der Waals surface area contributed by atoms with Crippen LogP contribution in [0.25, 0.3) is 0 Å². The number of nitrogens with one attached hydrogen (secondary N) is 1. The van der Waals surface area contributed by atoms with E-state index in [0.717, 1.165) is 28.7 Å². The fraction of sp³-hybridized carbons (Fsp3) is 0.333. The third kappa shape index (κ3) is 2.55.